The van der Waals surface area contributed by atoms with Crippen molar-refractivity contribution in [2.24, 2.45) is 0 Å². The first-order valence-corrected chi connectivity index (χ1v) is 11.8. The Balaban J connectivity index is 1.40. The molecule has 0 radical (unpaired) electrons. The molecule has 0 spiro atoms. The molecule has 5 nitrogen and oxygen atoms in total. The van der Waals surface area contributed by atoms with Crippen LogP contribution in [0.25, 0.3) is 16.3 Å². The van der Waals surface area contributed by atoms with Crippen molar-refractivity contribution in [1.82, 2.24) is 9.78 Å². The minimum absolute atomic E-state index is 0.228. The Labute approximate surface area is 203 Å². The van der Waals surface area contributed by atoms with E-state index in [0.29, 0.717) is 22.7 Å². The molecule has 0 aliphatic rings. The minimum Gasteiger partial charge on any atom is -0.457 e. The summed E-state index contributed by atoms with van der Waals surface area (Å²) < 4.78 is 8.54. The molecule has 2 aromatic heterocycles. The van der Waals surface area contributed by atoms with Crippen LogP contribution in [0, 0.1) is 0 Å². The van der Waals surface area contributed by atoms with E-state index in [-0.39, 0.29) is 5.91 Å². The summed E-state index contributed by atoms with van der Waals surface area (Å²) in [7, 11) is 0. The zero-order valence-electron chi connectivity index (χ0n) is 17.3. The van der Waals surface area contributed by atoms with Crippen LogP contribution in [-0.2, 0) is 0 Å². The number of halogens is 1. The zero-order valence-corrected chi connectivity index (χ0v) is 19.7. The van der Waals surface area contributed by atoms with E-state index in [9.17, 15) is 4.79 Å². The number of rotatable bonds is 6. The maximum absolute atomic E-state index is 13.2. The smallest absolute Gasteiger partial charge is 0.259 e. The van der Waals surface area contributed by atoms with Gasteiger partial charge >= 0.3 is 0 Å². The number of anilines is 1. The van der Waals surface area contributed by atoms with Crippen LogP contribution in [0.4, 0.5) is 5.69 Å². The second-order valence-electron chi connectivity index (χ2n) is 7.17. The summed E-state index contributed by atoms with van der Waals surface area (Å²) in [6.45, 7) is 0. The van der Waals surface area contributed by atoms with E-state index >= 15 is 0 Å². The van der Waals surface area contributed by atoms with Gasteiger partial charge in [0.1, 0.15) is 17.2 Å². The number of carbonyl (C=O) groups excluding carboxylic acids is 1. The van der Waals surface area contributed by atoms with Gasteiger partial charge in [-0.15, -0.1) is 11.3 Å². The van der Waals surface area contributed by atoms with Crippen molar-refractivity contribution in [3.8, 4) is 27.8 Å². The molecule has 3 aromatic carbocycles. The normalized spacial score (nSPS) is 10.7. The molecule has 5 aromatic rings. The Kier molecular flexibility index (Phi) is 6.06. The van der Waals surface area contributed by atoms with E-state index < -0.39 is 0 Å². The quantitative estimate of drug-likeness (QED) is 0.256. The van der Waals surface area contributed by atoms with Gasteiger partial charge in [0.05, 0.1) is 19.9 Å². The molecule has 0 fully saturated rings. The standard InChI is InChI=1S/C26H18BrN3O2S/c27-24-16-15-23(33-24)25-22(17-30(29-25)19-7-3-1-4-8-19)26(31)28-18-11-13-21(14-12-18)32-20-9-5-2-6-10-20/h1-17H,(H,28,31). The highest BCUT2D eigenvalue weighted by Gasteiger charge is 2.20. The van der Waals surface area contributed by atoms with E-state index in [0.717, 1.165) is 20.1 Å². The van der Waals surface area contributed by atoms with E-state index in [4.69, 9.17) is 9.84 Å². The molecule has 33 heavy (non-hydrogen) atoms. The van der Waals surface area contributed by atoms with Crippen molar-refractivity contribution in [2.45, 2.75) is 0 Å². The van der Waals surface area contributed by atoms with Crippen LogP contribution in [-0.4, -0.2) is 15.7 Å². The fourth-order valence-electron chi connectivity index (χ4n) is 3.31. The first-order valence-electron chi connectivity index (χ1n) is 10.2. The Morgan fingerprint density at radius 1 is 0.848 bits per heavy atom. The number of aromatic nitrogens is 2. The van der Waals surface area contributed by atoms with Crippen LogP contribution in [0.2, 0.25) is 0 Å². The molecule has 5 rings (SSSR count). The van der Waals surface area contributed by atoms with Crippen LogP contribution in [0.3, 0.4) is 0 Å². The van der Waals surface area contributed by atoms with Crippen molar-refractivity contribution in [2.75, 3.05) is 5.32 Å². The van der Waals surface area contributed by atoms with Gasteiger partial charge in [-0.05, 0) is 76.6 Å². The summed E-state index contributed by atoms with van der Waals surface area (Å²) in [5.74, 6) is 1.23. The molecular weight excluding hydrogens is 498 g/mol. The molecule has 162 valence electrons. The number of ether oxygens (including phenoxy) is 1. The molecule has 0 unspecified atom stereocenters. The highest BCUT2D eigenvalue weighted by Crippen LogP contribution is 2.33. The van der Waals surface area contributed by atoms with Crippen LogP contribution in [0.1, 0.15) is 10.4 Å². The molecule has 0 aliphatic heterocycles. The number of carbonyl (C=O) groups is 1. The summed E-state index contributed by atoms with van der Waals surface area (Å²) in [5.41, 5.74) is 2.69. The predicted molar refractivity (Wildman–Crippen MR) is 135 cm³/mol. The Morgan fingerprint density at radius 2 is 1.52 bits per heavy atom. The highest BCUT2D eigenvalue weighted by molar-refractivity contribution is 9.11. The third kappa shape index (κ3) is 4.89. The van der Waals surface area contributed by atoms with Crippen molar-refractivity contribution in [1.29, 1.82) is 0 Å². The maximum Gasteiger partial charge on any atom is 0.259 e. The third-order valence-electron chi connectivity index (χ3n) is 4.88. The summed E-state index contributed by atoms with van der Waals surface area (Å²) in [6.07, 6.45) is 1.76. The van der Waals surface area contributed by atoms with Crippen LogP contribution < -0.4 is 10.1 Å². The molecular formula is C26H18BrN3O2S. The van der Waals surface area contributed by atoms with Gasteiger partial charge in [-0.1, -0.05) is 36.4 Å². The van der Waals surface area contributed by atoms with Crippen LogP contribution in [0.5, 0.6) is 11.5 Å². The molecule has 0 aliphatic carbocycles. The van der Waals surface area contributed by atoms with E-state index in [1.165, 1.54) is 11.3 Å². The lowest BCUT2D eigenvalue weighted by atomic mass is 10.2. The number of amides is 1. The SMILES string of the molecule is O=C(Nc1ccc(Oc2ccccc2)cc1)c1cn(-c2ccccc2)nc1-c1ccc(Br)s1. The molecule has 0 saturated heterocycles. The van der Waals surface area contributed by atoms with Gasteiger partial charge in [0.2, 0.25) is 0 Å². The highest BCUT2D eigenvalue weighted by atomic mass is 79.9. The van der Waals surface area contributed by atoms with Gasteiger partial charge in [0.25, 0.3) is 5.91 Å². The molecule has 7 heteroatoms. The van der Waals surface area contributed by atoms with Crippen LogP contribution in [0.15, 0.2) is 107 Å². The summed E-state index contributed by atoms with van der Waals surface area (Å²) in [4.78, 5) is 14.1. The first-order chi connectivity index (χ1) is 16.2. The average molecular weight is 516 g/mol. The molecule has 1 amide bonds. The second-order valence-corrected chi connectivity index (χ2v) is 9.63. The van der Waals surface area contributed by atoms with Crippen molar-refractivity contribution >= 4 is 38.9 Å². The summed E-state index contributed by atoms with van der Waals surface area (Å²) >= 11 is 5.03. The van der Waals surface area contributed by atoms with Gasteiger partial charge in [-0.3, -0.25) is 4.79 Å². The number of benzene rings is 3. The number of hydrogen-bond acceptors (Lipinski definition) is 4. The molecule has 0 saturated carbocycles. The molecule has 2 heterocycles. The zero-order chi connectivity index (χ0) is 22.6. The number of thiophene rings is 1. The fraction of sp³-hybridized carbons (Fsp3) is 0. The summed E-state index contributed by atoms with van der Waals surface area (Å²) in [5, 5.41) is 7.69. The Morgan fingerprint density at radius 3 is 2.18 bits per heavy atom. The lowest BCUT2D eigenvalue weighted by molar-refractivity contribution is 0.102. The molecule has 1 N–H and O–H groups in total. The predicted octanol–water partition coefficient (Wildman–Crippen LogP) is 7.41. The lowest BCUT2D eigenvalue weighted by Crippen LogP contribution is -2.12. The molecule has 0 bridgehead atoms. The van der Waals surface area contributed by atoms with E-state index in [1.807, 2.05) is 97.1 Å². The van der Waals surface area contributed by atoms with Crippen molar-refractivity contribution < 1.29 is 9.53 Å². The number of nitrogens with zero attached hydrogens (tertiary/aromatic N) is 2. The first kappa shape index (κ1) is 21.2. The average Bonchev–Trinajstić information content (AvgIpc) is 3.48. The van der Waals surface area contributed by atoms with Crippen molar-refractivity contribution in [3.05, 3.63) is 113 Å². The monoisotopic (exact) mass is 515 g/mol. The van der Waals surface area contributed by atoms with Gasteiger partial charge < -0.3 is 10.1 Å². The number of nitrogens with one attached hydrogen (secondary N) is 1. The largest absolute Gasteiger partial charge is 0.457 e. The van der Waals surface area contributed by atoms with E-state index in [2.05, 4.69) is 21.2 Å². The second kappa shape index (κ2) is 9.44. The van der Waals surface area contributed by atoms with Crippen molar-refractivity contribution in [3.63, 3.8) is 0 Å². The fourth-order valence-corrected chi connectivity index (χ4v) is 4.69. The number of hydrogen-bond donors (Lipinski definition) is 1. The maximum atomic E-state index is 13.2. The lowest BCUT2D eigenvalue weighted by Gasteiger charge is -2.08. The minimum atomic E-state index is -0.228. The van der Waals surface area contributed by atoms with Crippen LogP contribution >= 0.6 is 27.3 Å². The van der Waals surface area contributed by atoms with Gasteiger partial charge in [0.15, 0.2) is 0 Å². The topological polar surface area (TPSA) is 56.1 Å². The Bertz CT molecular complexity index is 1380. The Hall–Kier alpha value is -3.68. The summed E-state index contributed by atoms with van der Waals surface area (Å²) in [6, 6.07) is 30.5. The molecule has 0 atom stereocenters. The van der Waals surface area contributed by atoms with Gasteiger partial charge in [-0.25, -0.2) is 4.68 Å². The third-order valence-corrected chi connectivity index (χ3v) is 6.51. The van der Waals surface area contributed by atoms with Gasteiger partial charge in [-0.2, -0.15) is 5.10 Å². The number of para-hydroxylation sites is 2. The van der Waals surface area contributed by atoms with E-state index in [1.54, 1.807) is 10.9 Å². The van der Waals surface area contributed by atoms with Gasteiger partial charge in [0, 0.05) is 11.9 Å².